The van der Waals surface area contributed by atoms with Crippen LogP contribution in [0.25, 0.3) is 0 Å². The molecule has 0 radical (unpaired) electrons. The van der Waals surface area contributed by atoms with Gasteiger partial charge < -0.3 is 20.9 Å². The lowest BCUT2D eigenvalue weighted by molar-refractivity contribution is -0.384. The third-order valence-corrected chi connectivity index (χ3v) is 2.79. The monoisotopic (exact) mass is 325 g/mol. The number of primary amides is 1. The number of hydrogen-bond acceptors (Lipinski definition) is 6. The smallest absolute Gasteiger partial charge is 0.408 e. The number of nitro groups is 1. The number of carbonyl (C=O) groups is 3. The molecule has 2 amide bonds. The third-order valence-electron chi connectivity index (χ3n) is 2.79. The Hall–Kier alpha value is -3.17. The lowest BCUT2D eigenvalue weighted by Crippen LogP contribution is -2.41. The quantitative estimate of drug-likeness (QED) is 0.464. The molecule has 0 aromatic heterocycles. The van der Waals surface area contributed by atoms with Gasteiger partial charge in [-0.15, -0.1) is 0 Å². The van der Waals surface area contributed by atoms with E-state index in [2.05, 4.69) is 5.32 Å². The van der Waals surface area contributed by atoms with E-state index in [1.165, 1.54) is 24.3 Å². The minimum atomic E-state index is -1.32. The summed E-state index contributed by atoms with van der Waals surface area (Å²) in [5, 5.41) is 21.5. The Morgan fingerprint density at radius 1 is 1.30 bits per heavy atom. The number of amides is 2. The summed E-state index contributed by atoms with van der Waals surface area (Å²) in [5.41, 5.74) is 5.31. The van der Waals surface area contributed by atoms with Gasteiger partial charge in [-0.2, -0.15) is 0 Å². The minimum Gasteiger partial charge on any atom is -0.480 e. The van der Waals surface area contributed by atoms with E-state index in [-0.39, 0.29) is 25.1 Å². The number of nitrogens with one attached hydrogen (secondary N) is 1. The highest BCUT2D eigenvalue weighted by Gasteiger charge is 2.21. The average molecular weight is 325 g/mol. The highest BCUT2D eigenvalue weighted by molar-refractivity contribution is 5.81. The fraction of sp³-hybridized carbons (Fsp3) is 0.308. The van der Waals surface area contributed by atoms with Crippen LogP contribution in [0.15, 0.2) is 24.3 Å². The van der Waals surface area contributed by atoms with Gasteiger partial charge in [-0.1, -0.05) is 0 Å². The normalized spacial score (nSPS) is 11.3. The molecule has 1 aromatic carbocycles. The van der Waals surface area contributed by atoms with Crippen LogP contribution in [-0.2, 0) is 20.9 Å². The van der Waals surface area contributed by atoms with Crippen LogP contribution in [0.2, 0.25) is 0 Å². The van der Waals surface area contributed by atoms with E-state index in [1.807, 2.05) is 0 Å². The molecule has 0 aliphatic heterocycles. The number of rotatable bonds is 8. The van der Waals surface area contributed by atoms with Crippen molar-refractivity contribution >= 4 is 23.7 Å². The zero-order chi connectivity index (χ0) is 17.4. The van der Waals surface area contributed by atoms with Crippen molar-refractivity contribution in [3.8, 4) is 0 Å². The molecular weight excluding hydrogens is 310 g/mol. The van der Waals surface area contributed by atoms with E-state index >= 15 is 0 Å². The lowest BCUT2D eigenvalue weighted by atomic mass is 10.1. The fourth-order valence-corrected chi connectivity index (χ4v) is 1.59. The molecule has 1 aromatic rings. The number of carboxylic acid groups (broad SMARTS) is 1. The van der Waals surface area contributed by atoms with Gasteiger partial charge in [0.25, 0.3) is 5.69 Å². The number of nitrogens with zero attached hydrogens (tertiary/aromatic N) is 1. The van der Waals surface area contributed by atoms with Crippen LogP contribution in [0.5, 0.6) is 0 Å². The molecule has 23 heavy (non-hydrogen) atoms. The van der Waals surface area contributed by atoms with Crippen LogP contribution in [0.3, 0.4) is 0 Å². The number of aliphatic carboxylic acids is 1. The lowest BCUT2D eigenvalue weighted by Gasteiger charge is -2.13. The predicted octanol–water partition coefficient (Wildman–Crippen LogP) is 0.540. The number of hydrogen-bond donors (Lipinski definition) is 3. The van der Waals surface area contributed by atoms with Crippen LogP contribution in [0.1, 0.15) is 18.4 Å². The summed E-state index contributed by atoms with van der Waals surface area (Å²) >= 11 is 0. The summed E-state index contributed by atoms with van der Waals surface area (Å²) < 4.78 is 4.82. The number of non-ortho nitro benzene ring substituents is 1. The van der Waals surface area contributed by atoms with Gasteiger partial charge in [0.2, 0.25) is 5.91 Å². The van der Waals surface area contributed by atoms with Crippen LogP contribution < -0.4 is 11.1 Å². The third kappa shape index (κ3) is 6.42. The summed E-state index contributed by atoms with van der Waals surface area (Å²) in [4.78, 5) is 43.0. The number of carboxylic acids is 1. The fourth-order valence-electron chi connectivity index (χ4n) is 1.59. The van der Waals surface area contributed by atoms with Crippen LogP contribution in [-0.4, -0.2) is 34.0 Å². The van der Waals surface area contributed by atoms with Gasteiger partial charge in [0, 0.05) is 18.6 Å². The van der Waals surface area contributed by atoms with E-state index in [0.717, 1.165) is 0 Å². The molecule has 0 saturated heterocycles. The molecule has 124 valence electrons. The summed E-state index contributed by atoms with van der Waals surface area (Å²) in [6, 6.07) is 4.03. The number of nitrogens with two attached hydrogens (primary N) is 1. The van der Waals surface area contributed by atoms with Crippen molar-refractivity contribution in [2.45, 2.75) is 25.5 Å². The number of nitro benzene ring substituents is 1. The van der Waals surface area contributed by atoms with Crippen LogP contribution in [0.4, 0.5) is 10.5 Å². The first-order valence-electron chi connectivity index (χ1n) is 6.47. The highest BCUT2D eigenvalue weighted by atomic mass is 16.6. The van der Waals surface area contributed by atoms with Gasteiger partial charge in [0.15, 0.2) is 0 Å². The molecule has 0 aliphatic carbocycles. The van der Waals surface area contributed by atoms with Gasteiger partial charge in [-0.3, -0.25) is 14.9 Å². The first kappa shape index (κ1) is 17.9. The largest absolute Gasteiger partial charge is 0.480 e. The van der Waals surface area contributed by atoms with Gasteiger partial charge in [-0.05, 0) is 24.1 Å². The van der Waals surface area contributed by atoms with Crippen molar-refractivity contribution in [2.75, 3.05) is 0 Å². The maximum absolute atomic E-state index is 11.5. The van der Waals surface area contributed by atoms with Gasteiger partial charge in [0.05, 0.1) is 4.92 Å². The SMILES string of the molecule is NC(=O)CC[C@H](NC(=O)OCc1ccc([N+](=O)[O-])cc1)C(=O)O. The molecule has 0 aliphatic rings. The minimum absolute atomic E-state index is 0.101. The van der Waals surface area contributed by atoms with Crippen LogP contribution >= 0.6 is 0 Å². The zero-order valence-corrected chi connectivity index (χ0v) is 11.9. The summed E-state index contributed by atoms with van der Waals surface area (Å²) in [5.74, 6) is -2.00. The van der Waals surface area contributed by atoms with E-state index < -0.39 is 28.9 Å². The molecule has 4 N–H and O–H groups in total. The van der Waals surface area contributed by atoms with Crippen molar-refractivity contribution in [2.24, 2.45) is 5.73 Å². The van der Waals surface area contributed by atoms with Crippen molar-refractivity contribution in [1.82, 2.24) is 5.32 Å². The molecule has 0 heterocycles. The number of carbonyl (C=O) groups excluding carboxylic acids is 2. The molecule has 1 atom stereocenters. The Balaban J connectivity index is 2.49. The topological polar surface area (TPSA) is 162 Å². The van der Waals surface area contributed by atoms with Crippen molar-refractivity contribution in [1.29, 1.82) is 0 Å². The molecule has 10 heteroatoms. The van der Waals surface area contributed by atoms with Gasteiger partial charge >= 0.3 is 12.1 Å². The first-order chi connectivity index (χ1) is 10.8. The van der Waals surface area contributed by atoms with E-state index in [4.69, 9.17) is 15.6 Å². The average Bonchev–Trinajstić information content (AvgIpc) is 2.49. The Labute approximate surface area is 130 Å². The van der Waals surface area contributed by atoms with Gasteiger partial charge in [0.1, 0.15) is 12.6 Å². The van der Waals surface area contributed by atoms with Crippen molar-refractivity contribution in [3.63, 3.8) is 0 Å². The molecule has 0 bridgehead atoms. The van der Waals surface area contributed by atoms with Crippen LogP contribution in [0, 0.1) is 10.1 Å². The van der Waals surface area contributed by atoms with Gasteiger partial charge in [-0.25, -0.2) is 9.59 Å². The molecular formula is C13H15N3O7. The second-order valence-electron chi connectivity index (χ2n) is 4.54. The second-order valence-corrected chi connectivity index (χ2v) is 4.54. The molecule has 1 rings (SSSR count). The zero-order valence-electron chi connectivity index (χ0n) is 11.9. The van der Waals surface area contributed by atoms with E-state index in [0.29, 0.717) is 5.56 Å². The number of alkyl carbamates (subject to hydrolysis) is 1. The van der Waals surface area contributed by atoms with Crippen molar-refractivity contribution in [3.05, 3.63) is 39.9 Å². The van der Waals surface area contributed by atoms with E-state index in [9.17, 15) is 24.5 Å². The second kappa shape index (κ2) is 8.32. The maximum Gasteiger partial charge on any atom is 0.408 e. The van der Waals surface area contributed by atoms with Crippen molar-refractivity contribution < 1.29 is 29.2 Å². The number of benzene rings is 1. The summed E-state index contributed by atoms with van der Waals surface area (Å²) in [6.45, 7) is -0.189. The molecule has 0 saturated carbocycles. The summed E-state index contributed by atoms with van der Waals surface area (Å²) in [7, 11) is 0. The molecule has 10 nitrogen and oxygen atoms in total. The van der Waals surface area contributed by atoms with E-state index in [1.54, 1.807) is 0 Å². The maximum atomic E-state index is 11.5. The Morgan fingerprint density at radius 2 is 1.91 bits per heavy atom. The molecule has 0 unspecified atom stereocenters. The highest BCUT2D eigenvalue weighted by Crippen LogP contribution is 2.12. The summed E-state index contributed by atoms with van der Waals surface area (Å²) in [6.07, 6.45) is -1.34. The predicted molar refractivity (Wildman–Crippen MR) is 76.3 cm³/mol. The standard InChI is InChI=1S/C13H15N3O7/c14-11(17)6-5-10(12(18)19)15-13(20)23-7-8-1-3-9(4-2-8)16(21)22/h1-4,10H,5-7H2,(H2,14,17)(H,15,20)(H,18,19)/t10-/m0/s1. The Bertz CT molecular complexity index is 600. The first-order valence-corrected chi connectivity index (χ1v) is 6.47. The Morgan fingerprint density at radius 3 is 2.39 bits per heavy atom. The molecule has 0 fully saturated rings. The Kier molecular flexibility index (Phi) is 6.46. The number of ether oxygens (including phenoxy) is 1. The molecule has 0 spiro atoms.